The molecule has 9 heteroatoms. The Morgan fingerprint density at radius 3 is 2.67 bits per heavy atom. The van der Waals surface area contributed by atoms with Crippen LogP contribution >= 0.6 is 22.9 Å². The summed E-state index contributed by atoms with van der Waals surface area (Å²) in [7, 11) is -3.49. The van der Waals surface area contributed by atoms with E-state index in [4.69, 9.17) is 16.7 Å². The van der Waals surface area contributed by atoms with E-state index in [-0.39, 0.29) is 11.7 Å². The third kappa shape index (κ3) is 6.22. The lowest BCUT2D eigenvalue weighted by Crippen LogP contribution is -2.14. The molecule has 0 aliphatic heterocycles. The average molecular weight is 505 g/mol. The summed E-state index contributed by atoms with van der Waals surface area (Å²) in [6.45, 7) is 5.53. The van der Waals surface area contributed by atoms with Gasteiger partial charge >= 0.3 is 5.97 Å². The largest absolute Gasteiger partial charge is 0.481 e. The van der Waals surface area contributed by atoms with Crippen LogP contribution in [-0.2, 0) is 14.8 Å². The lowest BCUT2D eigenvalue weighted by molar-refractivity contribution is -0.141. The molecule has 0 aliphatic carbocycles. The number of halogens is 1. The quantitative estimate of drug-likeness (QED) is 0.336. The van der Waals surface area contributed by atoms with Gasteiger partial charge in [0.1, 0.15) is 0 Å². The standard InChI is InChI=1S/C19H15ClN2O2S2.C5H10O2/c1-13-21-17-11-14(4-7-19(17)25-13)3-2-10-26(23,24)22-9-8-15-12-16(20)5-6-18(15)22;1-3-4(2)5(6)7/h2-9,11-12H,10H2,1H3;4H,3H2,1-2H3,(H,6,7). The molecule has 33 heavy (non-hydrogen) atoms. The highest BCUT2D eigenvalue weighted by Gasteiger charge is 2.14. The maximum Gasteiger partial charge on any atom is 0.306 e. The predicted molar refractivity (Wildman–Crippen MR) is 137 cm³/mol. The fourth-order valence-corrected chi connectivity index (χ4v) is 5.25. The van der Waals surface area contributed by atoms with Gasteiger partial charge in [-0.15, -0.1) is 11.3 Å². The predicted octanol–water partition coefficient (Wildman–Crippen LogP) is 6.22. The Morgan fingerprint density at radius 1 is 1.24 bits per heavy atom. The molecular formula is C24H25ClN2O4S2. The zero-order valence-corrected chi connectivity index (χ0v) is 20.9. The van der Waals surface area contributed by atoms with Crippen molar-refractivity contribution >= 4 is 66.1 Å². The van der Waals surface area contributed by atoms with Crippen LogP contribution in [0.1, 0.15) is 30.8 Å². The Balaban J connectivity index is 0.000000383. The number of nitrogens with zero attached hydrogens (tertiary/aromatic N) is 2. The highest BCUT2D eigenvalue weighted by Crippen LogP contribution is 2.24. The number of carboxylic acid groups (broad SMARTS) is 1. The van der Waals surface area contributed by atoms with Gasteiger partial charge in [0.25, 0.3) is 0 Å². The number of carbonyl (C=O) groups is 1. The van der Waals surface area contributed by atoms with Gasteiger partial charge in [0, 0.05) is 16.6 Å². The number of rotatable bonds is 6. The number of hydrogen-bond donors (Lipinski definition) is 1. The topological polar surface area (TPSA) is 89.3 Å². The SMILES string of the molecule is CCC(C)C(=O)O.Cc1nc2cc(C=CCS(=O)(=O)n3ccc4cc(Cl)ccc43)ccc2s1. The van der Waals surface area contributed by atoms with E-state index in [2.05, 4.69) is 4.98 Å². The average Bonchev–Trinajstić information content (AvgIpc) is 3.35. The minimum Gasteiger partial charge on any atom is -0.481 e. The van der Waals surface area contributed by atoms with Crippen LogP contribution in [0.2, 0.25) is 5.02 Å². The molecule has 0 amide bonds. The molecule has 0 saturated carbocycles. The molecule has 0 radical (unpaired) electrons. The summed E-state index contributed by atoms with van der Waals surface area (Å²) in [6.07, 6.45) is 5.76. The maximum atomic E-state index is 12.7. The number of aryl methyl sites for hydroxylation is 1. The zero-order valence-electron chi connectivity index (χ0n) is 18.5. The van der Waals surface area contributed by atoms with Gasteiger partial charge in [0.2, 0.25) is 10.0 Å². The van der Waals surface area contributed by atoms with E-state index in [1.165, 1.54) is 3.97 Å². The smallest absolute Gasteiger partial charge is 0.306 e. The molecule has 1 N–H and O–H groups in total. The molecule has 0 fully saturated rings. The molecule has 4 aromatic rings. The van der Waals surface area contributed by atoms with Gasteiger partial charge in [-0.3, -0.25) is 4.79 Å². The van der Waals surface area contributed by atoms with Crippen LogP contribution in [0.25, 0.3) is 27.2 Å². The van der Waals surface area contributed by atoms with Crippen LogP contribution < -0.4 is 0 Å². The second-order valence-electron chi connectivity index (χ2n) is 7.60. The summed E-state index contributed by atoms with van der Waals surface area (Å²) < 4.78 is 27.8. The summed E-state index contributed by atoms with van der Waals surface area (Å²) in [5.74, 6) is -0.976. The summed E-state index contributed by atoms with van der Waals surface area (Å²) in [4.78, 5) is 14.4. The molecule has 1 atom stereocenters. The summed E-state index contributed by atoms with van der Waals surface area (Å²) in [6, 6.07) is 12.9. The Morgan fingerprint density at radius 2 is 2.00 bits per heavy atom. The number of carboxylic acids is 1. The van der Waals surface area contributed by atoms with Gasteiger partial charge in [-0.05, 0) is 55.3 Å². The van der Waals surface area contributed by atoms with Crippen LogP contribution in [0, 0.1) is 12.8 Å². The third-order valence-corrected chi connectivity index (χ3v) is 7.80. The van der Waals surface area contributed by atoms with Gasteiger partial charge in [0.15, 0.2) is 0 Å². The van der Waals surface area contributed by atoms with Gasteiger partial charge in [-0.2, -0.15) is 0 Å². The highest BCUT2D eigenvalue weighted by molar-refractivity contribution is 7.90. The third-order valence-electron chi connectivity index (χ3n) is 5.09. The summed E-state index contributed by atoms with van der Waals surface area (Å²) >= 11 is 7.61. The Hall–Kier alpha value is -2.68. The fraction of sp³-hybridized carbons (Fsp3) is 0.250. The number of benzene rings is 2. The fourth-order valence-electron chi connectivity index (χ4n) is 3.05. The molecule has 174 valence electrons. The van der Waals surface area contributed by atoms with Crippen molar-refractivity contribution in [2.24, 2.45) is 5.92 Å². The van der Waals surface area contributed by atoms with Crippen molar-refractivity contribution in [2.45, 2.75) is 27.2 Å². The molecule has 0 aliphatic rings. The van der Waals surface area contributed by atoms with Crippen molar-refractivity contribution in [3.63, 3.8) is 0 Å². The van der Waals surface area contributed by atoms with Crippen molar-refractivity contribution in [1.82, 2.24) is 8.96 Å². The van der Waals surface area contributed by atoms with E-state index in [0.717, 1.165) is 32.6 Å². The van der Waals surface area contributed by atoms with Gasteiger partial charge < -0.3 is 5.11 Å². The van der Waals surface area contributed by atoms with E-state index < -0.39 is 16.0 Å². The number of fused-ring (bicyclic) bond motifs is 2. The minimum atomic E-state index is -3.49. The number of thiazole rings is 1. The molecule has 0 saturated heterocycles. The monoisotopic (exact) mass is 504 g/mol. The van der Waals surface area contributed by atoms with Gasteiger partial charge in [-0.1, -0.05) is 43.7 Å². The number of aliphatic carboxylic acids is 1. The molecule has 1 unspecified atom stereocenters. The summed E-state index contributed by atoms with van der Waals surface area (Å²) in [5, 5.41) is 10.6. The first kappa shape index (κ1) is 25.0. The molecule has 0 bridgehead atoms. The first-order valence-electron chi connectivity index (χ1n) is 10.4. The molecular weight excluding hydrogens is 480 g/mol. The van der Waals surface area contributed by atoms with Crippen molar-refractivity contribution in [1.29, 1.82) is 0 Å². The normalized spacial score (nSPS) is 12.7. The van der Waals surface area contributed by atoms with Crippen molar-refractivity contribution in [3.8, 4) is 0 Å². The molecule has 6 nitrogen and oxygen atoms in total. The molecule has 0 spiro atoms. The first-order chi connectivity index (χ1) is 15.6. The van der Waals surface area contributed by atoms with Crippen LogP contribution in [0.4, 0.5) is 0 Å². The van der Waals surface area contributed by atoms with E-state index >= 15 is 0 Å². The summed E-state index contributed by atoms with van der Waals surface area (Å²) in [5.41, 5.74) is 2.50. The van der Waals surface area contributed by atoms with Gasteiger partial charge in [0.05, 0.1) is 32.4 Å². The Kier molecular flexibility index (Phi) is 7.94. The first-order valence-corrected chi connectivity index (χ1v) is 13.2. The molecule has 2 aromatic carbocycles. The van der Waals surface area contributed by atoms with E-state index in [1.807, 2.05) is 38.1 Å². The van der Waals surface area contributed by atoms with E-state index in [9.17, 15) is 13.2 Å². The lowest BCUT2D eigenvalue weighted by atomic mass is 10.1. The second-order valence-corrected chi connectivity index (χ2v) is 11.2. The Bertz CT molecular complexity index is 1420. The van der Waals surface area contributed by atoms with Gasteiger partial charge in [-0.25, -0.2) is 17.4 Å². The van der Waals surface area contributed by atoms with Crippen LogP contribution in [0.15, 0.2) is 54.7 Å². The highest BCUT2D eigenvalue weighted by atomic mass is 35.5. The molecule has 4 rings (SSSR count). The number of aromatic nitrogens is 2. The lowest BCUT2D eigenvalue weighted by Gasteiger charge is -2.05. The number of hydrogen-bond acceptors (Lipinski definition) is 5. The zero-order chi connectivity index (χ0) is 24.2. The van der Waals surface area contributed by atoms with Crippen molar-refractivity contribution < 1.29 is 18.3 Å². The van der Waals surface area contributed by atoms with Crippen LogP contribution in [0.3, 0.4) is 0 Å². The van der Waals surface area contributed by atoms with Crippen LogP contribution in [0.5, 0.6) is 0 Å². The Labute approximate surface area is 202 Å². The minimum absolute atomic E-state index is 0.0897. The van der Waals surface area contributed by atoms with Crippen molar-refractivity contribution in [3.05, 3.63) is 70.3 Å². The molecule has 2 heterocycles. The molecule has 2 aromatic heterocycles. The van der Waals surface area contributed by atoms with Crippen molar-refractivity contribution in [2.75, 3.05) is 5.75 Å². The van der Waals surface area contributed by atoms with E-state index in [0.29, 0.717) is 10.5 Å². The van der Waals surface area contributed by atoms with Crippen LogP contribution in [-0.4, -0.2) is 34.2 Å². The van der Waals surface area contributed by atoms with E-state index in [1.54, 1.807) is 54.8 Å². The maximum absolute atomic E-state index is 12.7. The second kappa shape index (κ2) is 10.5.